The molecular weight excluding hydrogens is 468 g/mol. The highest BCUT2D eigenvalue weighted by molar-refractivity contribution is 8.00. The number of rotatable bonds is 7. The van der Waals surface area contributed by atoms with Crippen LogP contribution in [0, 0.1) is 0 Å². The van der Waals surface area contributed by atoms with Crippen LogP contribution in [0.3, 0.4) is 0 Å². The third-order valence-corrected chi connectivity index (χ3v) is 7.83. The van der Waals surface area contributed by atoms with E-state index >= 15 is 0 Å². The Morgan fingerprint density at radius 2 is 2.24 bits per heavy atom. The van der Waals surface area contributed by atoms with Crippen molar-refractivity contribution in [2.45, 2.75) is 17.8 Å². The number of oxime groups is 1. The van der Waals surface area contributed by atoms with E-state index in [-0.39, 0.29) is 22.2 Å². The van der Waals surface area contributed by atoms with Gasteiger partial charge in [-0.05, 0) is 6.08 Å². The molecule has 1 saturated heterocycles. The molecule has 4 N–H and O–H groups in total. The van der Waals surface area contributed by atoms with Crippen LogP contribution in [0.5, 0.6) is 0 Å². The summed E-state index contributed by atoms with van der Waals surface area (Å²) in [6.07, 6.45) is 5.18. The first-order valence-electron chi connectivity index (χ1n) is 10.3. The molecule has 1 aromatic rings. The van der Waals surface area contributed by atoms with Crippen LogP contribution in [0.1, 0.15) is 12.1 Å². The normalized spacial score (nSPS) is 27.2. The number of hydrogen-bond donors (Lipinski definition) is 3. The Morgan fingerprint density at radius 1 is 1.45 bits per heavy atom. The molecule has 176 valence electrons. The number of anilines is 1. The fraction of sp³-hybridized carbons (Fsp3) is 0.450. The van der Waals surface area contributed by atoms with Gasteiger partial charge in [-0.2, -0.15) is 0 Å². The van der Waals surface area contributed by atoms with E-state index in [2.05, 4.69) is 34.7 Å². The van der Waals surface area contributed by atoms with Gasteiger partial charge in [0.2, 0.25) is 0 Å². The van der Waals surface area contributed by atoms with Crippen LogP contribution in [0.15, 0.2) is 34.0 Å². The molecule has 3 atom stereocenters. The summed E-state index contributed by atoms with van der Waals surface area (Å²) >= 11 is 2.59. The lowest BCUT2D eigenvalue weighted by Gasteiger charge is -2.50. The van der Waals surface area contributed by atoms with Crippen molar-refractivity contribution in [3.63, 3.8) is 0 Å². The van der Waals surface area contributed by atoms with Gasteiger partial charge in [-0.25, -0.2) is 9.78 Å². The summed E-state index contributed by atoms with van der Waals surface area (Å²) in [6, 6.07) is -0.876. The minimum absolute atomic E-state index is 0.0289. The molecule has 4 heterocycles. The molecule has 2 amide bonds. The van der Waals surface area contributed by atoms with Crippen LogP contribution < -0.4 is 11.1 Å². The number of quaternary nitrogens is 1. The van der Waals surface area contributed by atoms with Gasteiger partial charge in [-0.15, -0.1) is 23.1 Å². The van der Waals surface area contributed by atoms with Gasteiger partial charge in [0.05, 0.1) is 20.1 Å². The van der Waals surface area contributed by atoms with E-state index in [9.17, 15) is 19.5 Å². The molecule has 0 saturated carbocycles. The lowest BCUT2D eigenvalue weighted by atomic mass is 10.0. The van der Waals surface area contributed by atoms with Gasteiger partial charge >= 0.3 is 5.97 Å². The fourth-order valence-corrected chi connectivity index (χ4v) is 6.12. The van der Waals surface area contributed by atoms with Crippen molar-refractivity contribution in [2.24, 2.45) is 5.16 Å². The molecule has 11 nitrogen and oxygen atoms in total. The van der Waals surface area contributed by atoms with E-state index in [1.54, 1.807) is 5.38 Å². The van der Waals surface area contributed by atoms with Gasteiger partial charge in [0.15, 0.2) is 10.8 Å². The van der Waals surface area contributed by atoms with E-state index in [1.165, 1.54) is 23.8 Å². The van der Waals surface area contributed by atoms with Gasteiger partial charge in [-0.1, -0.05) is 11.2 Å². The minimum Gasteiger partial charge on any atom is -0.477 e. The Kier molecular flexibility index (Phi) is 6.45. The average molecular weight is 494 g/mol. The summed E-state index contributed by atoms with van der Waals surface area (Å²) < 4.78 is 0.698. The maximum Gasteiger partial charge on any atom is 0.352 e. The van der Waals surface area contributed by atoms with Crippen LogP contribution in [0.25, 0.3) is 0 Å². The number of nitrogens with two attached hydrogens (primary N) is 1. The van der Waals surface area contributed by atoms with Gasteiger partial charge < -0.3 is 25.5 Å². The summed E-state index contributed by atoms with van der Waals surface area (Å²) in [5, 5.41) is 17.6. The smallest absolute Gasteiger partial charge is 0.352 e. The first-order valence-corrected chi connectivity index (χ1v) is 12.2. The van der Waals surface area contributed by atoms with Gasteiger partial charge in [0, 0.05) is 23.1 Å². The topological polar surface area (TPSA) is 147 Å². The summed E-state index contributed by atoms with van der Waals surface area (Å²) in [5.74, 6) is -1.77. The molecule has 33 heavy (non-hydrogen) atoms. The number of likely N-dealkylation sites (N-methyl/N-ethyl adjacent to an activating group) is 1. The van der Waals surface area contributed by atoms with Gasteiger partial charge in [0.1, 0.15) is 36.5 Å². The first kappa shape index (κ1) is 23.3. The van der Waals surface area contributed by atoms with E-state index in [0.717, 1.165) is 36.4 Å². The van der Waals surface area contributed by atoms with Crippen molar-refractivity contribution in [3.8, 4) is 0 Å². The van der Waals surface area contributed by atoms with Crippen LogP contribution in [-0.2, 0) is 19.2 Å². The number of aliphatic carboxylic acids is 1. The number of nitrogens with zero attached hydrogens (tertiary/aromatic N) is 4. The molecule has 0 radical (unpaired) electrons. The second-order valence-corrected chi connectivity index (χ2v) is 10.3. The van der Waals surface area contributed by atoms with E-state index in [4.69, 9.17) is 10.6 Å². The second kappa shape index (κ2) is 9.15. The molecule has 0 aliphatic carbocycles. The molecular formula is C20H25N6O5S2+. The predicted octanol–water partition coefficient (Wildman–Crippen LogP) is 0.221. The number of β-lactam (4-membered cyclic amide) rings is 1. The number of hydrogen-bond acceptors (Lipinski definition) is 9. The molecule has 3 aliphatic rings. The van der Waals surface area contributed by atoms with Crippen LogP contribution in [-0.4, -0.2) is 93.9 Å². The number of nitrogens with one attached hydrogen (secondary N) is 1. The number of carboxylic acids is 1. The van der Waals surface area contributed by atoms with E-state index in [0.29, 0.717) is 16.8 Å². The average Bonchev–Trinajstić information content (AvgIpc) is 3.21. The number of aromatic nitrogens is 1. The molecule has 13 heteroatoms. The Balaban J connectivity index is 1.52. The summed E-state index contributed by atoms with van der Waals surface area (Å²) in [4.78, 5) is 48.0. The van der Waals surface area contributed by atoms with Crippen molar-refractivity contribution in [1.82, 2.24) is 15.2 Å². The molecule has 1 aromatic heterocycles. The van der Waals surface area contributed by atoms with Crippen molar-refractivity contribution < 1.29 is 28.8 Å². The maximum atomic E-state index is 13.0. The van der Waals surface area contributed by atoms with Crippen molar-refractivity contribution in [3.05, 3.63) is 34.5 Å². The second-order valence-electron chi connectivity index (χ2n) is 8.26. The minimum atomic E-state index is -1.13. The number of carbonyl (C=O) groups is 3. The lowest BCUT2D eigenvalue weighted by Crippen LogP contribution is -2.71. The first-order chi connectivity index (χ1) is 15.7. The van der Waals surface area contributed by atoms with Crippen LogP contribution in [0.2, 0.25) is 0 Å². The van der Waals surface area contributed by atoms with Crippen molar-refractivity contribution >= 4 is 51.7 Å². The largest absolute Gasteiger partial charge is 0.477 e. The summed E-state index contributed by atoms with van der Waals surface area (Å²) in [7, 11) is 3.39. The molecule has 1 fully saturated rings. The Morgan fingerprint density at radius 3 is 2.85 bits per heavy atom. The number of fused-ring (bicyclic) bond motifs is 1. The highest BCUT2D eigenvalue weighted by atomic mass is 32.2. The highest BCUT2D eigenvalue weighted by Gasteiger charge is 2.55. The zero-order chi connectivity index (χ0) is 23.8. The quantitative estimate of drug-likeness (QED) is 0.161. The number of carbonyl (C=O) groups excluding carboxylic acids is 2. The number of nitrogen functional groups attached to an aromatic ring is 1. The Labute approximate surface area is 198 Å². The third-order valence-electron chi connectivity index (χ3n) is 5.82. The molecule has 0 aromatic carbocycles. The predicted molar refractivity (Wildman–Crippen MR) is 124 cm³/mol. The lowest BCUT2D eigenvalue weighted by molar-refractivity contribution is -0.900. The Hall–Kier alpha value is -2.90. The molecule has 4 rings (SSSR count). The zero-order valence-electron chi connectivity index (χ0n) is 18.2. The van der Waals surface area contributed by atoms with Gasteiger partial charge in [-0.3, -0.25) is 14.5 Å². The molecule has 0 spiro atoms. The van der Waals surface area contributed by atoms with Gasteiger partial charge in [0.25, 0.3) is 11.8 Å². The van der Waals surface area contributed by atoms with Crippen molar-refractivity contribution in [1.29, 1.82) is 0 Å². The zero-order valence-corrected chi connectivity index (χ0v) is 19.8. The highest BCUT2D eigenvalue weighted by Crippen LogP contribution is 2.41. The summed E-state index contributed by atoms with van der Waals surface area (Å²) in [5.41, 5.74) is 6.53. The number of carboxylic acid groups (broad SMARTS) is 1. The van der Waals surface area contributed by atoms with Crippen LogP contribution in [0.4, 0.5) is 5.13 Å². The molecule has 1 unspecified atom stereocenters. The SMILES string of the molecule is CO/N=C(\C(=O)N[C@@H]1C(=O)N2C(C(=O)O)=C(C[N+]3(C)CC=CCC3)CS[C@H]12)c1csc(N)n1. The Bertz CT molecular complexity index is 1080. The van der Waals surface area contributed by atoms with E-state index < -0.39 is 29.2 Å². The number of thioether (sulfide) groups is 1. The van der Waals surface area contributed by atoms with Crippen molar-refractivity contribution in [2.75, 3.05) is 45.3 Å². The maximum absolute atomic E-state index is 13.0. The van der Waals surface area contributed by atoms with Crippen LogP contribution >= 0.6 is 23.1 Å². The van der Waals surface area contributed by atoms with E-state index in [1.807, 2.05) is 0 Å². The fourth-order valence-electron chi connectivity index (χ4n) is 4.24. The third kappa shape index (κ3) is 4.48. The monoisotopic (exact) mass is 493 g/mol. The standard InChI is InChI=1S/C20H24N6O5S2/c1-26(6-4-3-5-7-26)8-11-9-32-18-14(17(28)25(18)15(11)19(29)30)23-16(27)13(24-31-2)12-10-33-20(21)22-12/h3-4,10,14,18H,5-9H2,1-2H3,(H3-,21,22,23,27,29,30)/p+1/b24-13-/t14-,18-,26?/m1/s1. The number of amides is 2. The summed E-state index contributed by atoms with van der Waals surface area (Å²) in [6.45, 7) is 2.29. The molecule has 0 bridgehead atoms. The molecule has 3 aliphatic heterocycles. The number of thiazole rings is 1.